The highest BCUT2D eigenvalue weighted by molar-refractivity contribution is 6.12. The summed E-state index contributed by atoms with van der Waals surface area (Å²) in [5.41, 5.74) is 10.1. The Balaban J connectivity index is 1.77. The second kappa shape index (κ2) is 5.52. The Morgan fingerprint density at radius 2 is 1.66 bits per heavy atom. The Morgan fingerprint density at radius 1 is 0.862 bits per heavy atom. The Kier molecular flexibility index (Phi) is 3.13. The second-order valence-corrected chi connectivity index (χ2v) is 8.58. The summed E-state index contributed by atoms with van der Waals surface area (Å²) in [6.07, 6.45) is 0. The van der Waals surface area contributed by atoms with Crippen molar-refractivity contribution in [2.75, 3.05) is 0 Å². The Bertz CT molecular complexity index is 1430. The molecule has 0 amide bonds. The molecular weight excluding hydrogens is 350 g/mol. The van der Waals surface area contributed by atoms with Crippen molar-refractivity contribution in [1.82, 2.24) is 4.57 Å². The molecule has 1 aliphatic rings. The van der Waals surface area contributed by atoms with Crippen LogP contribution in [0.4, 0.5) is 0 Å². The topological polar surface area (TPSA) is 4.93 Å². The highest BCUT2D eigenvalue weighted by Gasteiger charge is 2.35. The number of para-hydroxylation sites is 1. The maximum absolute atomic E-state index is 3.45. The predicted octanol–water partition coefficient (Wildman–Crippen LogP) is 7.00. The number of fused-ring (bicyclic) bond motifs is 5. The highest BCUT2D eigenvalue weighted by atomic mass is 15.0. The number of hydrogen-bond acceptors (Lipinski definition) is 0. The molecule has 1 aromatic heterocycles. The van der Waals surface area contributed by atoms with Crippen molar-refractivity contribution in [2.24, 2.45) is 0 Å². The van der Waals surface area contributed by atoms with E-state index in [0.29, 0.717) is 0 Å². The zero-order chi connectivity index (χ0) is 19.8. The van der Waals surface area contributed by atoms with Gasteiger partial charge in [-0.3, -0.25) is 0 Å². The van der Waals surface area contributed by atoms with Crippen LogP contribution in [0.2, 0.25) is 0 Å². The monoisotopic (exact) mass is 371 g/mol. The van der Waals surface area contributed by atoms with Crippen molar-refractivity contribution in [3.05, 3.63) is 102 Å². The van der Waals surface area contributed by atoms with E-state index < -0.39 is 0 Å². The second-order valence-electron chi connectivity index (χ2n) is 8.58. The fourth-order valence-corrected chi connectivity index (χ4v) is 5.05. The SMILES string of the molecule is Cc1ccccc1-c1ccc2c(c1)c1cc#cc3c1n2-c1ccccc1C3(C)C. The summed E-state index contributed by atoms with van der Waals surface area (Å²) >= 11 is 0. The number of benzene rings is 3. The molecule has 6 rings (SSSR count). The molecule has 1 heteroatoms. The number of hydrogen-bond donors (Lipinski definition) is 0. The number of rotatable bonds is 1. The van der Waals surface area contributed by atoms with Crippen molar-refractivity contribution in [1.29, 1.82) is 0 Å². The van der Waals surface area contributed by atoms with Gasteiger partial charge in [0, 0.05) is 21.8 Å². The van der Waals surface area contributed by atoms with E-state index in [-0.39, 0.29) is 5.41 Å². The molecule has 0 atom stereocenters. The maximum Gasteiger partial charge on any atom is 0.0672 e. The zero-order valence-electron chi connectivity index (χ0n) is 16.9. The molecule has 29 heavy (non-hydrogen) atoms. The molecule has 1 nitrogen and oxygen atoms in total. The van der Waals surface area contributed by atoms with Crippen molar-refractivity contribution in [3.63, 3.8) is 0 Å². The van der Waals surface area contributed by atoms with Gasteiger partial charge in [0.2, 0.25) is 0 Å². The average molecular weight is 371 g/mol. The molecular formula is C28H21N. The Morgan fingerprint density at radius 3 is 2.52 bits per heavy atom. The first kappa shape index (κ1) is 16.5. The number of aryl methyl sites for hydroxylation is 1. The van der Waals surface area contributed by atoms with Gasteiger partial charge in [0.1, 0.15) is 0 Å². The van der Waals surface area contributed by atoms with E-state index in [4.69, 9.17) is 0 Å². The van der Waals surface area contributed by atoms with Gasteiger partial charge in [0.15, 0.2) is 0 Å². The minimum Gasteiger partial charge on any atom is -0.308 e. The van der Waals surface area contributed by atoms with Gasteiger partial charge in [-0.15, -0.1) is 0 Å². The summed E-state index contributed by atoms with van der Waals surface area (Å²) in [6, 6.07) is 33.1. The van der Waals surface area contributed by atoms with Crippen LogP contribution in [0.3, 0.4) is 0 Å². The molecule has 0 saturated carbocycles. The molecule has 138 valence electrons. The lowest BCUT2D eigenvalue weighted by Gasteiger charge is -2.33. The van der Waals surface area contributed by atoms with E-state index in [9.17, 15) is 0 Å². The van der Waals surface area contributed by atoms with Gasteiger partial charge < -0.3 is 4.57 Å². The predicted molar refractivity (Wildman–Crippen MR) is 121 cm³/mol. The first-order valence-corrected chi connectivity index (χ1v) is 10.1. The number of nitrogens with zero attached hydrogens (tertiary/aromatic N) is 1. The van der Waals surface area contributed by atoms with E-state index in [1.54, 1.807) is 0 Å². The molecule has 0 N–H and O–H groups in total. The molecule has 4 aromatic carbocycles. The van der Waals surface area contributed by atoms with Crippen molar-refractivity contribution in [3.8, 4) is 16.8 Å². The zero-order valence-corrected chi connectivity index (χ0v) is 16.9. The van der Waals surface area contributed by atoms with Crippen molar-refractivity contribution >= 4 is 21.8 Å². The van der Waals surface area contributed by atoms with Gasteiger partial charge in [0.25, 0.3) is 0 Å². The van der Waals surface area contributed by atoms with Crippen LogP contribution in [0, 0.1) is 19.1 Å². The van der Waals surface area contributed by atoms with Gasteiger partial charge in [0.05, 0.1) is 16.7 Å². The Hall–Kier alpha value is -3.50. The average Bonchev–Trinajstić information content (AvgIpc) is 3.07. The third-order valence-electron chi connectivity index (χ3n) is 6.56. The van der Waals surface area contributed by atoms with Gasteiger partial charge in [-0.25, -0.2) is 0 Å². The van der Waals surface area contributed by atoms with Crippen LogP contribution in [0.25, 0.3) is 38.6 Å². The van der Waals surface area contributed by atoms with Gasteiger partial charge in [-0.2, -0.15) is 0 Å². The van der Waals surface area contributed by atoms with E-state index in [0.717, 1.165) is 0 Å². The van der Waals surface area contributed by atoms with E-state index in [1.165, 1.54) is 55.3 Å². The van der Waals surface area contributed by atoms with E-state index >= 15 is 0 Å². The first-order chi connectivity index (χ1) is 14.1. The van der Waals surface area contributed by atoms with Crippen molar-refractivity contribution < 1.29 is 0 Å². The molecule has 0 saturated heterocycles. The minimum atomic E-state index is -0.101. The summed E-state index contributed by atoms with van der Waals surface area (Å²) in [6.45, 7) is 6.77. The molecule has 5 aromatic rings. The number of aromatic nitrogens is 1. The summed E-state index contributed by atoms with van der Waals surface area (Å²) in [4.78, 5) is 0. The standard InChI is InChI=1S/C28H21N/c1-18-9-4-5-10-20(18)19-15-16-25-22(17-19)21-11-8-13-24-27(21)29(25)26-14-7-6-12-23(26)28(24,2)3/h4-7,9-12,14-17H,1-3H3. The molecule has 0 radical (unpaired) electrons. The molecule has 0 aliphatic carbocycles. The summed E-state index contributed by atoms with van der Waals surface area (Å²) in [7, 11) is 0. The van der Waals surface area contributed by atoms with Crippen molar-refractivity contribution in [2.45, 2.75) is 26.2 Å². The van der Waals surface area contributed by atoms with Crippen LogP contribution in [-0.4, -0.2) is 4.57 Å². The van der Waals surface area contributed by atoms with Crippen LogP contribution in [0.15, 0.2) is 72.8 Å². The normalized spacial score (nSPS) is 14.0. The summed E-state index contributed by atoms with van der Waals surface area (Å²) in [5, 5.41) is 2.53. The molecule has 2 heterocycles. The largest absolute Gasteiger partial charge is 0.308 e. The summed E-state index contributed by atoms with van der Waals surface area (Å²) < 4.78 is 2.42. The van der Waals surface area contributed by atoms with Crippen LogP contribution in [-0.2, 0) is 5.41 Å². The third-order valence-corrected chi connectivity index (χ3v) is 6.56. The van der Waals surface area contributed by atoms with Gasteiger partial charge in [-0.1, -0.05) is 74.5 Å². The molecule has 0 unspecified atom stereocenters. The summed E-state index contributed by atoms with van der Waals surface area (Å²) in [5.74, 6) is 0. The lowest BCUT2D eigenvalue weighted by Crippen LogP contribution is -2.25. The highest BCUT2D eigenvalue weighted by Crippen LogP contribution is 2.46. The van der Waals surface area contributed by atoms with Gasteiger partial charge in [-0.05, 0) is 53.4 Å². The molecule has 0 bridgehead atoms. The fraction of sp³-hybridized carbons (Fsp3) is 0.143. The lowest BCUT2D eigenvalue weighted by molar-refractivity contribution is 0.630. The molecule has 0 spiro atoms. The Labute approximate surface area is 171 Å². The molecule has 1 aliphatic heterocycles. The van der Waals surface area contributed by atoms with E-state index in [2.05, 4.69) is 110 Å². The van der Waals surface area contributed by atoms with Crippen LogP contribution in [0.1, 0.15) is 30.5 Å². The quantitative estimate of drug-likeness (QED) is 0.299. The lowest BCUT2D eigenvalue weighted by atomic mass is 9.75. The fourth-order valence-electron chi connectivity index (χ4n) is 5.05. The molecule has 0 fully saturated rings. The maximum atomic E-state index is 3.45. The van der Waals surface area contributed by atoms with Crippen LogP contribution in [0.5, 0.6) is 0 Å². The van der Waals surface area contributed by atoms with Gasteiger partial charge >= 0.3 is 0 Å². The third kappa shape index (κ3) is 2.07. The van der Waals surface area contributed by atoms with E-state index in [1.807, 2.05) is 0 Å². The first-order valence-electron chi connectivity index (χ1n) is 10.1. The minimum absolute atomic E-state index is 0.101. The van der Waals surface area contributed by atoms with Crippen LogP contribution < -0.4 is 0 Å². The smallest absolute Gasteiger partial charge is 0.0672 e. The van der Waals surface area contributed by atoms with Crippen LogP contribution >= 0.6 is 0 Å².